The van der Waals surface area contributed by atoms with E-state index in [9.17, 15) is 14.4 Å². The van der Waals surface area contributed by atoms with Crippen LogP contribution in [0.1, 0.15) is 36.6 Å². The molecule has 0 aliphatic heterocycles. The molecule has 0 aliphatic carbocycles. The van der Waals surface area contributed by atoms with Gasteiger partial charge in [0.25, 0.3) is 11.8 Å². The van der Waals surface area contributed by atoms with Gasteiger partial charge in [0.2, 0.25) is 11.5 Å². The third kappa shape index (κ3) is 7.96. The number of hydrogen-bond acceptors (Lipinski definition) is 11. The first-order chi connectivity index (χ1) is 23.2. The zero-order valence-corrected chi connectivity index (χ0v) is 28.4. The second-order valence-electron chi connectivity index (χ2n) is 9.60. The molecule has 13 nitrogen and oxygen atoms in total. The maximum absolute atomic E-state index is 13.2. The van der Waals surface area contributed by atoms with Crippen molar-refractivity contribution in [2.75, 3.05) is 48.0 Å². The molecule has 4 aromatic carbocycles. The van der Waals surface area contributed by atoms with Gasteiger partial charge in [0.15, 0.2) is 23.0 Å². The van der Waals surface area contributed by atoms with Crippen LogP contribution in [0.25, 0.3) is 0 Å². The molecule has 0 heterocycles. The number of hydrazone groups is 1. The Bertz CT molecular complexity index is 1810. The molecular formula is C34H32BrN3O10. The highest BCUT2D eigenvalue weighted by Crippen LogP contribution is 2.39. The number of ether oxygens (including phenoxy) is 7. The second kappa shape index (κ2) is 16.2. The summed E-state index contributed by atoms with van der Waals surface area (Å²) in [5, 5.41) is 6.81. The number of halogens is 1. The SMILES string of the molecule is COc1cc(C(=O)Nc2ccccc2C(=O)N/N=C\c2cc(Br)ccc2OC(=O)c2cc(OC)c(OC)c(OC)c2)cc(OC)c1OC. The van der Waals surface area contributed by atoms with Crippen LogP contribution in [0.5, 0.6) is 40.2 Å². The molecule has 0 bridgehead atoms. The number of hydrogen-bond donors (Lipinski definition) is 2. The molecule has 0 aromatic heterocycles. The van der Waals surface area contributed by atoms with Gasteiger partial charge in [-0.1, -0.05) is 28.1 Å². The lowest BCUT2D eigenvalue weighted by Crippen LogP contribution is -2.21. The number of nitrogens with one attached hydrogen (secondary N) is 2. The van der Waals surface area contributed by atoms with Crippen LogP contribution in [0.3, 0.4) is 0 Å². The molecule has 0 radical (unpaired) electrons. The zero-order chi connectivity index (χ0) is 34.8. The molecule has 0 unspecified atom stereocenters. The van der Waals surface area contributed by atoms with Gasteiger partial charge in [-0.15, -0.1) is 0 Å². The first kappa shape index (κ1) is 35.1. The van der Waals surface area contributed by atoms with E-state index >= 15 is 0 Å². The Kier molecular flexibility index (Phi) is 11.8. The number of nitrogens with zero attached hydrogens (tertiary/aromatic N) is 1. The summed E-state index contributed by atoms with van der Waals surface area (Å²) in [7, 11) is 8.67. The van der Waals surface area contributed by atoms with Gasteiger partial charge in [-0.05, 0) is 54.6 Å². The van der Waals surface area contributed by atoms with E-state index in [1.165, 1.54) is 79.2 Å². The fraction of sp³-hybridized carbons (Fsp3) is 0.176. The van der Waals surface area contributed by atoms with E-state index in [4.69, 9.17) is 33.2 Å². The van der Waals surface area contributed by atoms with Gasteiger partial charge in [-0.2, -0.15) is 5.10 Å². The van der Waals surface area contributed by atoms with Crippen LogP contribution < -0.4 is 43.9 Å². The minimum Gasteiger partial charge on any atom is -0.493 e. The van der Waals surface area contributed by atoms with Crippen LogP contribution in [0.4, 0.5) is 5.69 Å². The molecule has 250 valence electrons. The maximum Gasteiger partial charge on any atom is 0.343 e. The Morgan fingerprint density at radius 1 is 0.646 bits per heavy atom. The van der Waals surface area contributed by atoms with Crippen molar-refractivity contribution in [3.8, 4) is 40.2 Å². The predicted molar refractivity (Wildman–Crippen MR) is 181 cm³/mol. The molecule has 4 aromatic rings. The molecule has 4 rings (SSSR count). The Hall–Kier alpha value is -5.76. The summed E-state index contributed by atoms with van der Waals surface area (Å²) in [6, 6.07) is 17.2. The van der Waals surface area contributed by atoms with Gasteiger partial charge in [-0.25, -0.2) is 10.2 Å². The van der Waals surface area contributed by atoms with Crippen LogP contribution >= 0.6 is 15.9 Å². The summed E-state index contributed by atoms with van der Waals surface area (Å²) in [4.78, 5) is 39.5. The van der Waals surface area contributed by atoms with Crippen LogP contribution in [-0.4, -0.2) is 66.7 Å². The van der Waals surface area contributed by atoms with E-state index in [-0.39, 0.29) is 39.6 Å². The van der Waals surface area contributed by atoms with Crippen LogP contribution in [0.15, 0.2) is 76.3 Å². The van der Waals surface area contributed by atoms with Crippen molar-refractivity contribution in [2.45, 2.75) is 0 Å². The molecule has 2 N–H and O–H groups in total. The fourth-order valence-electron chi connectivity index (χ4n) is 4.49. The minimum atomic E-state index is -0.702. The summed E-state index contributed by atoms with van der Waals surface area (Å²) in [6.45, 7) is 0. The highest BCUT2D eigenvalue weighted by atomic mass is 79.9. The van der Waals surface area contributed by atoms with E-state index in [1.54, 1.807) is 36.4 Å². The number of anilines is 1. The van der Waals surface area contributed by atoms with Crippen LogP contribution in [0.2, 0.25) is 0 Å². The first-order valence-electron chi connectivity index (χ1n) is 14.0. The lowest BCUT2D eigenvalue weighted by molar-refractivity contribution is 0.0733. The smallest absolute Gasteiger partial charge is 0.343 e. The van der Waals surface area contributed by atoms with Crippen molar-refractivity contribution in [1.29, 1.82) is 0 Å². The molecule has 0 spiro atoms. The highest BCUT2D eigenvalue weighted by Gasteiger charge is 2.21. The van der Waals surface area contributed by atoms with E-state index in [1.807, 2.05) is 0 Å². The highest BCUT2D eigenvalue weighted by molar-refractivity contribution is 9.10. The van der Waals surface area contributed by atoms with Crippen molar-refractivity contribution in [2.24, 2.45) is 5.10 Å². The van der Waals surface area contributed by atoms with E-state index in [2.05, 4.69) is 31.8 Å². The van der Waals surface area contributed by atoms with Gasteiger partial charge in [0, 0.05) is 15.6 Å². The quantitative estimate of drug-likeness (QED) is 0.0757. The molecule has 0 fully saturated rings. The Labute approximate surface area is 284 Å². The topological polar surface area (TPSA) is 152 Å². The van der Waals surface area contributed by atoms with Gasteiger partial charge in [0.1, 0.15) is 5.75 Å². The van der Waals surface area contributed by atoms with Crippen molar-refractivity contribution in [3.63, 3.8) is 0 Å². The summed E-state index contributed by atoms with van der Waals surface area (Å²) in [5.41, 5.74) is 3.54. The lowest BCUT2D eigenvalue weighted by atomic mass is 10.1. The monoisotopic (exact) mass is 721 g/mol. The third-order valence-electron chi connectivity index (χ3n) is 6.79. The summed E-state index contributed by atoms with van der Waals surface area (Å²) >= 11 is 3.40. The summed E-state index contributed by atoms with van der Waals surface area (Å²) < 4.78 is 38.3. The summed E-state index contributed by atoms with van der Waals surface area (Å²) in [5.74, 6) is 0.133. The van der Waals surface area contributed by atoms with Gasteiger partial charge in [-0.3, -0.25) is 9.59 Å². The number of benzene rings is 4. The number of amides is 2. The van der Waals surface area contributed by atoms with E-state index < -0.39 is 17.8 Å². The number of para-hydroxylation sites is 1. The van der Waals surface area contributed by atoms with E-state index in [0.717, 1.165) is 0 Å². The van der Waals surface area contributed by atoms with Crippen molar-refractivity contribution in [1.82, 2.24) is 5.43 Å². The molecular weight excluding hydrogens is 690 g/mol. The lowest BCUT2D eigenvalue weighted by Gasteiger charge is -2.15. The molecule has 2 amide bonds. The Morgan fingerprint density at radius 2 is 1.19 bits per heavy atom. The summed E-state index contributed by atoms with van der Waals surface area (Å²) in [6.07, 6.45) is 1.32. The number of carbonyl (C=O) groups excluding carboxylic acids is 3. The van der Waals surface area contributed by atoms with Crippen molar-refractivity contribution in [3.05, 3.63) is 93.5 Å². The van der Waals surface area contributed by atoms with E-state index in [0.29, 0.717) is 33.0 Å². The molecule has 0 saturated heterocycles. The van der Waals surface area contributed by atoms with Crippen molar-refractivity contribution >= 4 is 45.6 Å². The molecule has 48 heavy (non-hydrogen) atoms. The zero-order valence-electron chi connectivity index (χ0n) is 26.8. The third-order valence-corrected chi connectivity index (χ3v) is 7.28. The number of rotatable bonds is 13. The molecule has 0 saturated carbocycles. The van der Waals surface area contributed by atoms with Gasteiger partial charge < -0.3 is 38.5 Å². The number of methoxy groups -OCH3 is 6. The van der Waals surface area contributed by atoms with Crippen molar-refractivity contribution < 1.29 is 47.5 Å². The second-order valence-corrected chi connectivity index (χ2v) is 10.5. The predicted octanol–water partition coefficient (Wildman–Crippen LogP) is 5.74. The average molecular weight is 723 g/mol. The molecule has 0 atom stereocenters. The van der Waals surface area contributed by atoms with Gasteiger partial charge in [0.05, 0.1) is 65.7 Å². The molecule has 0 aliphatic rings. The maximum atomic E-state index is 13.2. The molecule has 14 heteroatoms. The van der Waals surface area contributed by atoms with Crippen LogP contribution in [-0.2, 0) is 0 Å². The fourth-order valence-corrected chi connectivity index (χ4v) is 4.87. The minimum absolute atomic E-state index is 0.138. The number of esters is 1. The van der Waals surface area contributed by atoms with Gasteiger partial charge >= 0.3 is 5.97 Å². The average Bonchev–Trinajstić information content (AvgIpc) is 3.11. The Balaban J connectivity index is 1.52. The Morgan fingerprint density at radius 3 is 1.73 bits per heavy atom. The van der Waals surface area contributed by atoms with Crippen LogP contribution in [0, 0.1) is 0 Å². The standard InChI is InChI=1S/C34H32BrN3O10/c1-42-26-14-19(15-27(43-2)30(26)46-5)32(39)37-24-10-8-7-9-23(24)33(40)38-36-18-21-13-22(35)11-12-25(21)48-34(41)20-16-28(44-3)31(47-6)29(17-20)45-4/h7-18H,1-6H3,(H,37,39)(H,38,40)/b36-18-. The normalized spacial score (nSPS) is 10.6. The first-order valence-corrected chi connectivity index (χ1v) is 14.8. The largest absolute Gasteiger partial charge is 0.493 e. The number of carbonyl (C=O) groups is 3.